The number of ether oxygens (including phenoxy) is 2. The summed E-state index contributed by atoms with van der Waals surface area (Å²) in [5.41, 5.74) is -1.52. The van der Waals surface area contributed by atoms with Crippen LogP contribution in [0, 0.1) is 44.8 Å². The third kappa shape index (κ3) is 4.58. The van der Waals surface area contributed by atoms with Gasteiger partial charge in [0.2, 0.25) is 0 Å². The molecule has 4 aliphatic carbocycles. The number of fused-ring (bicyclic) bond motifs is 5. The zero-order chi connectivity index (χ0) is 29.9. The van der Waals surface area contributed by atoms with Gasteiger partial charge in [-0.05, 0) is 79.4 Å². The van der Waals surface area contributed by atoms with Gasteiger partial charge in [-0.15, -0.1) is 0 Å². The van der Waals surface area contributed by atoms with Crippen molar-refractivity contribution in [3.05, 3.63) is 0 Å². The van der Waals surface area contributed by atoms with Crippen molar-refractivity contribution >= 4 is 29.3 Å². The minimum absolute atomic E-state index is 0.00519. The summed E-state index contributed by atoms with van der Waals surface area (Å²) in [7, 11) is 0. The van der Waals surface area contributed by atoms with Crippen LogP contribution in [0.25, 0.3) is 0 Å². The summed E-state index contributed by atoms with van der Waals surface area (Å²) in [6.45, 7) is 16.0. The van der Waals surface area contributed by atoms with Crippen molar-refractivity contribution in [2.24, 2.45) is 44.8 Å². The first-order valence-electron chi connectivity index (χ1n) is 15.4. The maximum Gasteiger partial charge on any atom is 0.302 e. The molecule has 4 aliphatic rings. The number of carbonyl (C=O) groups excluding carboxylic acids is 5. The van der Waals surface area contributed by atoms with E-state index in [9.17, 15) is 24.0 Å². The van der Waals surface area contributed by atoms with Crippen molar-refractivity contribution in [3.8, 4) is 0 Å². The molecular weight excluding hydrogens is 508 g/mol. The third-order valence-corrected chi connectivity index (χ3v) is 12.8. The van der Waals surface area contributed by atoms with E-state index in [0.717, 1.165) is 44.9 Å². The zero-order valence-electron chi connectivity index (χ0n) is 25.9. The molecule has 4 rings (SSSR count). The highest BCUT2D eigenvalue weighted by atomic mass is 16.5. The van der Waals surface area contributed by atoms with Crippen LogP contribution in [0.2, 0.25) is 0 Å². The summed E-state index contributed by atoms with van der Waals surface area (Å²) in [6, 6.07) is 0. The lowest BCUT2D eigenvalue weighted by atomic mass is 9.33. The van der Waals surface area contributed by atoms with Gasteiger partial charge < -0.3 is 9.47 Å². The highest BCUT2D eigenvalue weighted by molar-refractivity contribution is 6.37. The first-order chi connectivity index (χ1) is 18.5. The van der Waals surface area contributed by atoms with E-state index in [4.69, 9.17) is 9.47 Å². The molecule has 0 aromatic heterocycles. The quantitative estimate of drug-likeness (QED) is 0.277. The molecule has 4 fully saturated rings. The monoisotopic (exact) mass is 558 g/mol. The minimum atomic E-state index is -1.13. The predicted octanol–water partition coefficient (Wildman–Crippen LogP) is 6.04. The fourth-order valence-corrected chi connectivity index (χ4v) is 10.4. The Balaban J connectivity index is 1.66. The van der Waals surface area contributed by atoms with Crippen LogP contribution < -0.4 is 0 Å². The lowest BCUT2D eigenvalue weighted by Crippen LogP contribution is -2.67. The van der Waals surface area contributed by atoms with Gasteiger partial charge in [0, 0.05) is 38.0 Å². The van der Waals surface area contributed by atoms with Gasteiger partial charge in [0.05, 0.1) is 5.41 Å². The zero-order valence-corrected chi connectivity index (χ0v) is 25.9. The van der Waals surface area contributed by atoms with Gasteiger partial charge in [0.15, 0.2) is 11.6 Å². The molecule has 0 N–H and O–H groups in total. The Kier molecular flexibility index (Phi) is 7.99. The average molecular weight is 559 g/mol. The summed E-state index contributed by atoms with van der Waals surface area (Å²) in [5.74, 6) is -1.11. The summed E-state index contributed by atoms with van der Waals surface area (Å²) >= 11 is 0. The summed E-state index contributed by atoms with van der Waals surface area (Å²) in [5, 5.41) is 0. The van der Waals surface area contributed by atoms with Crippen molar-refractivity contribution in [1.29, 1.82) is 0 Å². The van der Waals surface area contributed by atoms with E-state index in [1.54, 1.807) is 6.92 Å². The molecule has 224 valence electrons. The fourth-order valence-electron chi connectivity index (χ4n) is 10.4. The number of hydrogen-bond acceptors (Lipinski definition) is 7. The van der Waals surface area contributed by atoms with E-state index in [1.165, 1.54) is 13.8 Å². The van der Waals surface area contributed by atoms with Gasteiger partial charge in [0.1, 0.15) is 18.5 Å². The standard InChI is InChI=1S/C33H50O7/c1-9-23(36)24(37)18-33(19-39-20(2)34)17-16-31(7)22(28(33)38)10-11-26-30(6)14-13-27(40-21(3)35)29(4,5)25(30)12-15-32(26,31)8/h22,25-27H,9-19H2,1-8H3/t22?,25?,26?,27-,30-,31+,32+,33-/m0/s1. The highest BCUT2D eigenvalue weighted by Gasteiger charge is 2.70. The summed E-state index contributed by atoms with van der Waals surface area (Å²) < 4.78 is 11.2. The van der Waals surface area contributed by atoms with Crippen LogP contribution in [0.1, 0.15) is 120 Å². The van der Waals surface area contributed by atoms with Crippen LogP contribution in [-0.2, 0) is 33.4 Å². The molecule has 0 heterocycles. The molecule has 8 atom stereocenters. The van der Waals surface area contributed by atoms with Crippen LogP contribution in [0.15, 0.2) is 0 Å². The van der Waals surface area contributed by atoms with Crippen LogP contribution in [-0.4, -0.2) is 42.0 Å². The number of hydrogen-bond donors (Lipinski definition) is 0. The van der Waals surface area contributed by atoms with E-state index >= 15 is 0 Å². The normalized spacial score (nSPS) is 42.0. The molecule has 0 radical (unpaired) electrons. The molecule has 0 amide bonds. The van der Waals surface area contributed by atoms with Gasteiger partial charge in [-0.2, -0.15) is 0 Å². The fraction of sp³-hybridized carbons (Fsp3) is 0.848. The number of rotatable bonds is 7. The van der Waals surface area contributed by atoms with Crippen molar-refractivity contribution in [2.45, 2.75) is 126 Å². The van der Waals surface area contributed by atoms with E-state index < -0.39 is 23.0 Å². The SMILES string of the molecule is CCC(=O)C(=O)C[C@]1(COC(C)=O)CC[C@]2(C)C(CCC3[C@@]4(C)CC[C@H](OC(C)=O)C(C)(C)C4CC[C@]32C)C1=O. The number of Topliss-reactive ketones (excluding diaryl/α,β-unsaturated/α-hetero) is 3. The Morgan fingerprint density at radius 3 is 2.05 bits per heavy atom. The maximum atomic E-state index is 14.5. The van der Waals surface area contributed by atoms with E-state index in [-0.39, 0.29) is 64.9 Å². The smallest absolute Gasteiger partial charge is 0.302 e. The maximum absolute atomic E-state index is 14.5. The second-order valence-corrected chi connectivity index (χ2v) is 14.9. The molecule has 7 nitrogen and oxygen atoms in total. The number of carbonyl (C=O) groups is 5. The van der Waals surface area contributed by atoms with Crippen LogP contribution in [0.3, 0.4) is 0 Å². The van der Waals surface area contributed by atoms with Gasteiger partial charge in [-0.1, -0.05) is 41.5 Å². The third-order valence-electron chi connectivity index (χ3n) is 12.8. The van der Waals surface area contributed by atoms with Gasteiger partial charge in [0.25, 0.3) is 0 Å². The molecule has 0 aliphatic heterocycles. The molecule has 0 saturated heterocycles. The largest absolute Gasteiger partial charge is 0.465 e. The number of ketones is 3. The average Bonchev–Trinajstić information content (AvgIpc) is 2.86. The van der Waals surface area contributed by atoms with E-state index in [0.29, 0.717) is 18.3 Å². The Morgan fingerprint density at radius 1 is 0.775 bits per heavy atom. The first kappa shape index (κ1) is 30.9. The Bertz CT molecular complexity index is 1090. The van der Waals surface area contributed by atoms with Crippen molar-refractivity contribution in [1.82, 2.24) is 0 Å². The molecule has 3 unspecified atom stereocenters. The van der Waals surface area contributed by atoms with Crippen LogP contribution in [0.4, 0.5) is 0 Å². The van der Waals surface area contributed by atoms with Gasteiger partial charge in [-0.25, -0.2) is 0 Å². The predicted molar refractivity (Wildman–Crippen MR) is 150 cm³/mol. The Labute approximate surface area is 239 Å². The molecule has 40 heavy (non-hydrogen) atoms. The van der Waals surface area contributed by atoms with Gasteiger partial charge in [-0.3, -0.25) is 24.0 Å². The first-order valence-corrected chi connectivity index (χ1v) is 15.4. The lowest BCUT2D eigenvalue weighted by molar-refractivity contribution is -0.237. The molecule has 7 heteroatoms. The number of esters is 2. The molecule has 0 aromatic rings. The second-order valence-electron chi connectivity index (χ2n) is 14.9. The minimum Gasteiger partial charge on any atom is -0.465 e. The Morgan fingerprint density at radius 2 is 1.45 bits per heavy atom. The van der Waals surface area contributed by atoms with E-state index in [2.05, 4.69) is 34.6 Å². The van der Waals surface area contributed by atoms with Crippen LogP contribution >= 0.6 is 0 Å². The highest BCUT2D eigenvalue weighted by Crippen LogP contribution is 2.74. The molecular formula is C33H50O7. The lowest BCUT2D eigenvalue weighted by Gasteiger charge is -2.71. The second kappa shape index (κ2) is 10.3. The van der Waals surface area contributed by atoms with Crippen molar-refractivity contribution < 1.29 is 33.4 Å². The van der Waals surface area contributed by atoms with Crippen molar-refractivity contribution in [2.75, 3.05) is 6.61 Å². The van der Waals surface area contributed by atoms with Gasteiger partial charge >= 0.3 is 11.9 Å². The summed E-state index contributed by atoms with van der Waals surface area (Å²) in [4.78, 5) is 63.3. The molecule has 0 bridgehead atoms. The Hall–Kier alpha value is -2.05. The van der Waals surface area contributed by atoms with Crippen LogP contribution in [0.5, 0.6) is 0 Å². The molecule has 4 saturated carbocycles. The summed E-state index contributed by atoms with van der Waals surface area (Å²) in [6.07, 6.45) is 6.58. The topological polar surface area (TPSA) is 104 Å². The van der Waals surface area contributed by atoms with E-state index in [1.807, 2.05) is 0 Å². The molecule has 0 spiro atoms. The molecule has 0 aromatic carbocycles. The van der Waals surface area contributed by atoms with Crippen molar-refractivity contribution in [3.63, 3.8) is 0 Å².